The fourth-order valence-electron chi connectivity index (χ4n) is 1.77. The molecule has 0 aliphatic heterocycles. The molecule has 1 aromatic carbocycles. The van der Waals surface area contributed by atoms with E-state index in [1.54, 1.807) is 14.0 Å². The monoisotopic (exact) mass is 265 g/mol. The van der Waals surface area contributed by atoms with Crippen LogP contribution in [0.3, 0.4) is 0 Å². The molecule has 0 spiro atoms. The highest BCUT2D eigenvalue weighted by atomic mass is 16.5. The van der Waals surface area contributed by atoms with Crippen molar-refractivity contribution < 1.29 is 19.4 Å². The van der Waals surface area contributed by atoms with Crippen LogP contribution in [0.2, 0.25) is 0 Å². The first-order valence-corrected chi connectivity index (χ1v) is 6.07. The average Bonchev–Trinajstić information content (AvgIpc) is 2.35. The minimum atomic E-state index is -0.969. The van der Waals surface area contributed by atoms with Gasteiger partial charge < -0.3 is 15.2 Å². The Balaban J connectivity index is 2.55. The summed E-state index contributed by atoms with van der Waals surface area (Å²) in [6.07, 6.45) is -0.159. The van der Waals surface area contributed by atoms with Crippen LogP contribution in [-0.2, 0) is 16.1 Å². The molecule has 0 saturated heterocycles. The summed E-state index contributed by atoms with van der Waals surface area (Å²) in [5.74, 6) is -0.954. The zero-order valence-electron chi connectivity index (χ0n) is 11.4. The molecule has 0 heterocycles. The number of carbonyl (C=O) groups excluding carboxylic acids is 1. The molecule has 0 bridgehead atoms. The number of carbonyl (C=O) groups is 2. The molecule has 0 fully saturated rings. The Morgan fingerprint density at radius 1 is 1.42 bits per heavy atom. The Labute approximate surface area is 112 Å². The second-order valence-corrected chi connectivity index (χ2v) is 4.52. The lowest BCUT2D eigenvalue weighted by atomic mass is 10.1. The summed E-state index contributed by atoms with van der Waals surface area (Å²) in [5, 5.41) is 11.3. The van der Waals surface area contributed by atoms with E-state index in [1.807, 2.05) is 25.1 Å². The van der Waals surface area contributed by atoms with Crippen molar-refractivity contribution >= 4 is 11.9 Å². The number of amides is 1. The normalized spacial score (nSPS) is 11.7. The van der Waals surface area contributed by atoms with Crippen molar-refractivity contribution in [1.82, 2.24) is 5.32 Å². The van der Waals surface area contributed by atoms with Crippen LogP contribution in [0.5, 0.6) is 5.75 Å². The summed E-state index contributed by atoms with van der Waals surface area (Å²) < 4.78 is 5.15. The minimum absolute atomic E-state index is 0.159. The summed E-state index contributed by atoms with van der Waals surface area (Å²) in [4.78, 5) is 22.2. The number of methoxy groups -OCH3 is 1. The maximum Gasteiger partial charge on any atom is 0.304 e. The lowest BCUT2D eigenvalue weighted by Gasteiger charge is -2.11. The van der Waals surface area contributed by atoms with Gasteiger partial charge in [0.2, 0.25) is 5.91 Å². The van der Waals surface area contributed by atoms with Crippen molar-refractivity contribution in [2.75, 3.05) is 7.11 Å². The molecule has 1 atom stereocenters. The number of carboxylic acid groups (broad SMARTS) is 1. The molecule has 1 rings (SSSR count). The number of carboxylic acids is 1. The van der Waals surface area contributed by atoms with E-state index in [2.05, 4.69) is 5.32 Å². The van der Waals surface area contributed by atoms with Gasteiger partial charge in [-0.25, -0.2) is 0 Å². The van der Waals surface area contributed by atoms with E-state index in [9.17, 15) is 9.59 Å². The molecule has 104 valence electrons. The van der Waals surface area contributed by atoms with Crippen molar-refractivity contribution in [2.45, 2.75) is 26.8 Å². The summed E-state index contributed by atoms with van der Waals surface area (Å²) in [6, 6.07) is 5.65. The number of rotatable bonds is 6. The van der Waals surface area contributed by atoms with Crippen LogP contribution in [0.25, 0.3) is 0 Å². The molecule has 1 aromatic rings. The van der Waals surface area contributed by atoms with Gasteiger partial charge in [0.25, 0.3) is 0 Å². The number of nitrogens with one attached hydrogen (secondary N) is 1. The van der Waals surface area contributed by atoms with Gasteiger partial charge in [0, 0.05) is 12.5 Å². The SMILES string of the molecule is COc1ccc(CNC(=O)C(C)CC(=O)O)cc1C. The first-order valence-electron chi connectivity index (χ1n) is 6.07. The number of hydrogen-bond acceptors (Lipinski definition) is 3. The van der Waals surface area contributed by atoms with Crippen LogP contribution in [0.15, 0.2) is 18.2 Å². The molecule has 1 unspecified atom stereocenters. The van der Waals surface area contributed by atoms with Crippen LogP contribution >= 0.6 is 0 Å². The number of aliphatic carboxylic acids is 1. The van der Waals surface area contributed by atoms with E-state index in [-0.39, 0.29) is 12.3 Å². The minimum Gasteiger partial charge on any atom is -0.496 e. The number of aryl methyl sites for hydroxylation is 1. The van der Waals surface area contributed by atoms with Gasteiger partial charge in [0.1, 0.15) is 5.75 Å². The summed E-state index contributed by atoms with van der Waals surface area (Å²) >= 11 is 0. The van der Waals surface area contributed by atoms with E-state index in [0.717, 1.165) is 16.9 Å². The third kappa shape index (κ3) is 4.62. The van der Waals surface area contributed by atoms with Crippen molar-refractivity contribution in [3.63, 3.8) is 0 Å². The van der Waals surface area contributed by atoms with Crippen LogP contribution in [0.1, 0.15) is 24.5 Å². The molecule has 5 nitrogen and oxygen atoms in total. The second kappa shape index (κ2) is 6.78. The van der Waals surface area contributed by atoms with Gasteiger partial charge in [-0.15, -0.1) is 0 Å². The van der Waals surface area contributed by atoms with Gasteiger partial charge in [-0.05, 0) is 24.1 Å². The smallest absolute Gasteiger partial charge is 0.304 e. The topological polar surface area (TPSA) is 75.6 Å². The van der Waals surface area contributed by atoms with Gasteiger partial charge in [-0.2, -0.15) is 0 Å². The predicted octanol–water partition coefficient (Wildman–Crippen LogP) is 1.73. The summed E-state index contributed by atoms with van der Waals surface area (Å²) in [5.41, 5.74) is 1.95. The second-order valence-electron chi connectivity index (χ2n) is 4.52. The Kier molecular flexibility index (Phi) is 5.36. The molecular formula is C14H19NO4. The van der Waals surface area contributed by atoms with Gasteiger partial charge in [-0.1, -0.05) is 19.1 Å². The van der Waals surface area contributed by atoms with Crippen molar-refractivity contribution in [2.24, 2.45) is 5.92 Å². The van der Waals surface area contributed by atoms with Crippen molar-refractivity contribution in [3.8, 4) is 5.75 Å². The highest BCUT2D eigenvalue weighted by molar-refractivity contribution is 5.82. The fraction of sp³-hybridized carbons (Fsp3) is 0.429. The Morgan fingerprint density at radius 2 is 2.11 bits per heavy atom. The molecular weight excluding hydrogens is 246 g/mol. The molecule has 5 heteroatoms. The van der Waals surface area contributed by atoms with Crippen LogP contribution < -0.4 is 10.1 Å². The average molecular weight is 265 g/mol. The van der Waals surface area contributed by atoms with Crippen LogP contribution in [0.4, 0.5) is 0 Å². The maximum atomic E-state index is 11.7. The summed E-state index contributed by atoms with van der Waals surface area (Å²) in [7, 11) is 1.61. The van der Waals surface area contributed by atoms with E-state index in [1.165, 1.54) is 0 Å². The molecule has 0 aromatic heterocycles. The molecule has 0 saturated carbocycles. The zero-order valence-corrected chi connectivity index (χ0v) is 11.4. The Hall–Kier alpha value is -2.04. The van der Waals surface area contributed by atoms with E-state index in [4.69, 9.17) is 9.84 Å². The molecule has 0 aliphatic carbocycles. The fourth-order valence-corrected chi connectivity index (χ4v) is 1.77. The number of benzene rings is 1. The van der Waals surface area contributed by atoms with Crippen LogP contribution in [0, 0.1) is 12.8 Å². The van der Waals surface area contributed by atoms with Crippen LogP contribution in [-0.4, -0.2) is 24.1 Å². The largest absolute Gasteiger partial charge is 0.496 e. The quantitative estimate of drug-likeness (QED) is 0.821. The number of hydrogen-bond donors (Lipinski definition) is 2. The first kappa shape index (κ1) is 15.0. The molecule has 0 radical (unpaired) electrons. The molecule has 1 amide bonds. The summed E-state index contributed by atoms with van der Waals surface area (Å²) in [6.45, 7) is 3.91. The van der Waals surface area contributed by atoms with Gasteiger partial charge in [-0.3, -0.25) is 9.59 Å². The van der Waals surface area contributed by atoms with Gasteiger partial charge >= 0.3 is 5.97 Å². The Morgan fingerprint density at radius 3 is 2.63 bits per heavy atom. The first-order chi connectivity index (χ1) is 8.93. The van der Waals surface area contributed by atoms with E-state index in [0.29, 0.717) is 6.54 Å². The maximum absolute atomic E-state index is 11.7. The standard InChI is InChI=1S/C14H19NO4/c1-9-6-11(4-5-12(9)19-3)8-15-14(18)10(2)7-13(16)17/h4-6,10H,7-8H2,1-3H3,(H,15,18)(H,16,17). The highest BCUT2D eigenvalue weighted by Gasteiger charge is 2.15. The van der Waals surface area contributed by atoms with E-state index >= 15 is 0 Å². The highest BCUT2D eigenvalue weighted by Crippen LogP contribution is 2.18. The molecule has 0 aliphatic rings. The van der Waals surface area contributed by atoms with E-state index < -0.39 is 11.9 Å². The third-order valence-corrected chi connectivity index (χ3v) is 2.85. The molecule has 19 heavy (non-hydrogen) atoms. The number of ether oxygens (including phenoxy) is 1. The van der Waals surface area contributed by atoms with Crippen molar-refractivity contribution in [3.05, 3.63) is 29.3 Å². The van der Waals surface area contributed by atoms with Gasteiger partial charge in [0.15, 0.2) is 0 Å². The lowest BCUT2D eigenvalue weighted by Crippen LogP contribution is -2.30. The van der Waals surface area contributed by atoms with Gasteiger partial charge in [0.05, 0.1) is 13.5 Å². The zero-order chi connectivity index (χ0) is 14.4. The van der Waals surface area contributed by atoms with Crippen molar-refractivity contribution in [1.29, 1.82) is 0 Å². The third-order valence-electron chi connectivity index (χ3n) is 2.85. The Bertz CT molecular complexity index is 471. The molecule has 2 N–H and O–H groups in total. The predicted molar refractivity (Wildman–Crippen MR) is 71.0 cm³/mol. The lowest BCUT2D eigenvalue weighted by molar-refractivity contribution is -0.140.